The third-order valence-corrected chi connectivity index (χ3v) is 6.14. The molecule has 0 spiro atoms. The Morgan fingerprint density at radius 2 is 1.65 bits per heavy atom. The highest BCUT2D eigenvalue weighted by Crippen LogP contribution is 2.16. The highest BCUT2D eigenvalue weighted by Gasteiger charge is 2.22. The maximum absolute atomic E-state index is 13.0. The van der Waals surface area contributed by atoms with E-state index >= 15 is 0 Å². The molecule has 2 heterocycles. The number of halogens is 1. The molecule has 0 saturated carbocycles. The van der Waals surface area contributed by atoms with Crippen molar-refractivity contribution in [1.29, 1.82) is 0 Å². The molecular weight excluding hydrogens is 415 g/mol. The number of hydrogen-bond donors (Lipinski definition) is 0. The van der Waals surface area contributed by atoms with E-state index in [1.54, 1.807) is 18.2 Å². The third-order valence-electron chi connectivity index (χ3n) is 5.15. The van der Waals surface area contributed by atoms with Gasteiger partial charge >= 0.3 is 0 Å². The summed E-state index contributed by atoms with van der Waals surface area (Å²) < 4.78 is 14.4. The number of anilines is 1. The minimum atomic E-state index is -0.253. The summed E-state index contributed by atoms with van der Waals surface area (Å²) in [6.45, 7) is 2.55. The number of amides is 1. The van der Waals surface area contributed by atoms with Gasteiger partial charge in [-0.1, -0.05) is 30.3 Å². The van der Waals surface area contributed by atoms with E-state index in [1.165, 1.54) is 34.6 Å². The van der Waals surface area contributed by atoms with Crippen LogP contribution in [0.25, 0.3) is 5.69 Å². The van der Waals surface area contributed by atoms with Crippen LogP contribution in [0.15, 0.2) is 71.5 Å². The topological polar surface area (TPSA) is 58.4 Å². The Labute approximate surface area is 184 Å². The molecule has 8 heteroatoms. The Kier molecular flexibility index (Phi) is 6.66. The summed E-state index contributed by atoms with van der Waals surface area (Å²) in [6.07, 6.45) is 0. The van der Waals surface area contributed by atoms with Crippen molar-refractivity contribution in [3.05, 3.63) is 88.5 Å². The monoisotopic (exact) mass is 438 g/mol. The lowest BCUT2D eigenvalue weighted by Gasteiger charge is -2.35. The maximum Gasteiger partial charge on any atom is 0.271 e. The molecule has 1 fully saturated rings. The number of para-hydroxylation sites is 1. The zero-order valence-corrected chi connectivity index (χ0v) is 17.8. The van der Waals surface area contributed by atoms with Gasteiger partial charge in [0.05, 0.1) is 11.4 Å². The number of rotatable bonds is 6. The smallest absolute Gasteiger partial charge is 0.271 e. The van der Waals surface area contributed by atoms with Crippen molar-refractivity contribution >= 4 is 23.5 Å². The Hall–Kier alpha value is -3.13. The summed E-state index contributed by atoms with van der Waals surface area (Å²) in [5, 5.41) is 4.52. The quantitative estimate of drug-likeness (QED) is 0.592. The maximum atomic E-state index is 13.0. The lowest BCUT2D eigenvalue weighted by atomic mass is 10.2. The first-order chi connectivity index (χ1) is 15.1. The predicted molar refractivity (Wildman–Crippen MR) is 121 cm³/mol. The Bertz CT molecular complexity index is 1080. The number of nitrogens with zero attached hydrogens (tertiary/aromatic N) is 4. The van der Waals surface area contributed by atoms with Gasteiger partial charge in [0.25, 0.3) is 5.56 Å². The van der Waals surface area contributed by atoms with Crippen LogP contribution in [0.3, 0.4) is 0 Å². The summed E-state index contributed by atoms with van der Waals surface area (Å²) in [7, 11) is 0. The Balaban J connectivity index is 1.31. The minimum absolute atomic E-state index is 0.106. The van der Waals surface area contributed by atoms with E-state index in [1.807, 2.05) is 35.2 Å². The van der Waals surface area contributed by atoms with Gasteiger partial charge in [-0.05, 0) is 35.9 Å². The standard InChI is InChI=1S/C23H23FN4O2S/c24-19-8-6-18(7-9-19)16-31-17-23(30)27-14-12-26(13-15-27)21-10-11-22(29)28(25-21)20-4-2-1-3-5-20/h1-11H,12-17H2. The largest absolute Gasteiger partial charge is 0.352 e. The van der Waals surface area contributed by atoms with Crippen LogP contribution in [0, 0.1) is 5.82 Å². The van der Waals surface area contributed by atoms with Crippen LogP contribution in [-0.2, 0) is 10.5 Å². The van der Waals surface area contributed by atoms with E-state index in [4.69, 9.17) is 0 Å². The van der Waals surface area contributed by atoms with Gasteiger partial charge in [0.1, 0.15) is 11.6 Å². The molecule has 1 aromatic heterocycles. The molecule has 2 aromatic carbocycles. The van der Waals surface area contributed by atoms with Crippen LogP contribution in [0.4, 0.5) is 10.2 Å². The summed E-state index contributed by atoms with van der Waals surface area (Å²) in [4.78, 5) is 28.7. The van der Waals surface area contributed by atoms with Gasteiger partial charge in [-0.25, -0.2) is 4.39 Å². The highest BCUT2D eigenvalue weighted by molar-refractivity contribution is 7.99. The Morgan fingerprint density at radius 1 is 0.935 bits per heavy atom. The van der Waals surface area contributed by atoms with E-state index in [0.717, 1.165) is 17.1 Å². The highest BCUT2D eigenvalue weighted by atomic mass is 32.2. The third kappa shape index (κ3) is 5.32. The lowest BCUT2D eigenvalue weighted by Crippen LogP contribution is -2.49. The normalized spacial score (nSPS) is 14.0. The van der Waals surface area contributed by atoms with Gasteiger partial charge in [-0.15, -0.1) is 16.9 Å². The van der Waals surface area contributed by atoms with Crippen LogP contribution in [0.5, 0.6) is 0 Å². The van der Waals surface area contributed by atoms with Crippen molar-refractivity contribution in [3.63, 3.8) is 0 Å². The fourth-order valence-corrected chi connectivity index (χ4v) is 4.32. The van der Waals surface area contributed by atoms with Gasteiger partial charge < -0.3 is 9.80 Å². The molecule has 4 rings (SSSR count). The predicted octanol–water partition coefficient (Wildman–Crippen LogP) is 2.95. The lowest BCUT2D eigenvalue weighted by molar-refractivity contribution is -0.128. The fraction of sp³-hybridized carbons (Fsp3) is 0.261. The minimum Gasteiger partial charge on any atom is -0.352 e. The van der Waals surface area contributed by atoms with Crippen LogP contribution >= 0.6 is 11.8 Å². The zero-order chi connectivity index (χ0) is 21.6. The van der Waals surface area contributed by atoms with Crippen LogP contribution in [0.1, 0.15) is 5.56 Å². The number of piperazine rings is 1. The molecular formula is C23H23FN4O2S. The van der Waals surface area contributed by atoms with Crippen molar-refractivity contribution in [2.45, 2.75) is 5.75 Å². The molecule has 160 valence electrons. The van der Waals surface area contributed by atoms with Gasteiger partial charge in [-0.3, -0.25) is 9.59 Å². The zero-order valence-electron chi connectivity index (χ0n) is 17.0. The average Bonchev–Trinajstić information content (AvgIpc) is 2.81. The summed E-state index contributed by atoms with van der Waals surface area (Å²) in [6, 6.07) is 18.9. The molecule has 1 aliphatic rings. The van der Waals surface area contributed by atoms with E-state index in [2.05, 4.69) is 10.00 Å². The van der Waals surface area contributed by atoms with E-state index < -0.39 is 0 Å². The second kappa shape index (κ2) is 9.78. The number of aromatic nitrogens is 2. The molecule has 3 aromatic rings. The number of carbonyl (C=O) groups is 1. The molecule has 0 radical (unpaired) electrons. The van der Waals surface area contributed by atoms with Crippen molar-refractivity contribution in [1.82, 2.24) is 14.7 Å². The van der Waals surface area contributed by atoms with Crippen LogP contribution < -0.4 is 10.5 Å². The van der Waals surface area contributed by atoms with E-state index in [0.29, 0.717) is 37.7 Å². The summed E-state index contributed by atoms with van der Waals surface area (Å²) in [5.41, 5.74) is 1.55. The molecule has 31 heavy (non-hydrogen) atoms. The van der Waals surface area contributed by atoms with Gasteiger partial charge in [0, 0.05) is 38.0 Å². The molecule has 0 atom stereocenters. The van der Waals surface area contributed by atoms with Gasteiger partial charge in [-0.2, -0.15) is 4.68 Å². The molecule has 1 amide bonds. The van der Waals surface area contributed by atoms with Crippen LogP contribution in [0.2, 0.25) is 0 Å². The number of hydrogen-bond acceptors (Lipinski definition) is 5. The van der Waals surface area contributed by atoms with E-state index in [9.17, 15) is 14.0 Å². The molecule has 1 saturated heterocycles. The van der Waals surface area contributed by atoms with Gasteiger partial charge in [0.2, 0.25) is 5.91 Å². The van der Waals surface area contributed by atoms with Crippen molar-refractivity contribution < 1.29 is 9.18 Å². The Morgan fingerprint density at radius 3 is 2.35 bits per heavy atom. The first kappa shape index (κ1) is 21.1. The number of carbonyl (C=O) groups excluding carboxylic acids is 1. The SMILES string of the molecule is O=C(CSCc1ccc(F)cc1)N1CCN(c2ccc(=O)n(-c3ccccc3)n2)CC1. The van der Waals surface area contributed by atoms with Crippen molar-refractivity contribution in [3.8, 4) is 5.69 Å². The summed E-state index contributed by atoms with van der Waals surface area (Å²) in [5.74, 6) is 1.65. The molecule has 0 aliphatic carbocycles. The number of thioether (sulfide) groups is 1. The second-order valence-electron chi connectivity index (χ2n) is 7.26. The fourth-order valence-electron chi connectivity index (χ4n) is 3.44. The number of benzene rings is 2. The molecule has 1 aliphatic heterocycles. The molecule has 0 N–H and O–H groups in total. The van der Waals surface area contributed by atoms with Gasteiger partial charge in [0.15, 0.2) is 0 Å². The first-order valence-electron chi connectivity index (χ1n) is 10.1. The van der Waals surface area contributed by atoms with Crippen LogP contribution in [-0.4, -0.2) is 52.5 Å². The second-order valence-corrected chi connectivity index (χ2v) is 8.25. The first-order valence-corrected chi connectivity index (χ1v) is 11.3. The molecule has 0 bridgehead atoms. The van der Waals surface area contributed by atoms with Crippen molar-refractivity contribution in [2.24, 2.45) is 0 Å². The average molecular weight is 439 g/mol. The molecule has 0 unspecified atom stereocenters. The van der Waals surface area contributed by atoms with E-state index in [-0.39, 0.29) is 17.3 Å². The summed E-state index contributed by atoms with van der Waals surface area (Å²) >= 11 is 1.53. The molecule has 6 nitrogen and oxygen atoms in total. The van der Waals surface area contributed by atoms with Crippen molar-refractivity contribution in [2.75, 3.05) is 36.8 Å².